The first-order valence-electron chi connectivity index (χ1n) is 6.12. The lowest BCUT2D eigenvalue weighted by atomic mass is 10.1. The number of rotatable bonds is 8. The maximum absolute atomic E-state index is 11.8. The van der Waals surface area contributed by atoms with E-state index in [9.17, 15) is 13.2 Å². The summed E-state index contributed by atoms with van der Waals surface area (Å²) in [5, 5.41) is 8.56. The fourth-order valence-corrected chi connectivity index (χ4v) is 2.47. The van der Waals surface area contributed by atoms with Gasteiger partial charge in [0.1, 0.15) is 0 Å². The molecule has 0 spiro atoms. The van der Waals surface area contributed by atoms with E-state index in [0.29, 0.717) is 16.8 Å². The number of nitrogens with one attached hydrogen (secondary N) is 2. The zero-order valence-corrected chi connectivity index (χ0v) is 12.6. The molecule has 0 atom stereocenters. The van der Waals surface area contributed by atoms with Crippen LogP contribution in [0.5, 0.6) is 0 Å². The average Bonchev–Trinajstić information content (AvgIpc) is 2.39. The molecule has 0 aromatic heterocycles. The number of carboxylic acid groups (broad SMARTS) is 1. The standard InChI is InChI=1S/C13H18N2O5S/c1-10-9-11(4-6-13(16)17)3-5-12(10)15-21(18,19)14-7-8-20-2/h3-6,9,14-15H,7-8H2,1-2H3,(H,16,17)/b6-4+. The number of hydrogen-bond acceptors (Lipinski definition) is 4. The number of aliphatic carboxylic acids is 1. The Bertz CT molecular complexity index is 625. The molecule has 0 heterocycles. The molecular weight excluding hydrogens is 296 g/mol. The van der Waals surface area contributed by atoms with Crippen molar-refractivity contribution in [1.29, 1.82) is 0 Å². The van der Waals surface area contributed by atoms with E-state index in [4.69, 9.17) is 9.84 Å². The van der Waals surface area contributed by atoms with Gasteiger partial charge in [-0.25, -0.2) is 4.79 Å². The molecule has 1 aromatic rings. The quantitative estimate of drug-likeness (QED) is 0.490. The van der Waals surface area contributed by atoms with Gasteiger partial charge in [0.25, 0.3) is 10.2 Å². The summed E-state index contributed by atoms with van der Waals surface area (Å²) >= 11 is 0. The number of benzene rings is 1. The zero-order chi connectivity index (χ0) is 15.9. The predicted molar refractivity (Wildman–Crippen MR) is 80.3 cm³/mol. The highest BCUT2D eigenvalue weighted by molar-refractivity contribution is 7.90. The van der Waals surface area contributed by atoms with E-state index in [-0.39, 0.29) is 13.2 Å². The largest absolute Gasteiger partial charge is 0.478 e. The van der Waals surface area contributed by atoms with Crippen molar-refractivity contribution in [3.8, 4) is 0 Å². The first-order chi connectivity index (χ1) is 9.84. The normalized spacial score (nSPS) is 11.7. The summed E-state index contributed by atoms with van der Waals surface area (Å²) < 4.78 is 33.0. The lowest BCUT2D eigenvalue weighted by Crippen LogP contribution is -2.32. The van der Waals surface area contributed by atoms with Crippen LogP contribution in [-0.2, 0) is 19.7 Å². The molecule has 1 rings (SSSR count). The van der Waals surface area contributed by atoms with Crippen molar-refractivity contribution in [1.82, 2.24) is 4.72 Å². The topological polar surface area (TPSA) is 105 Å². The molecule has 3 N–H and O–H groups in total. The minimum absolute atomic E-state index is 0.171. The maximum atomic E-state index is 11.8. The number of aryl methyl sites for hydroxylation is 1. The Balaban J connectivity index is 2.79. The molecule has 0 aliphatic heterocycles. The Morgan fingerprint density at radius 3 is 2.71 bits per heavy atom. The predicted octanol–water partition coefficient (Wildman–Crippen LogP) is 0.986. The maximum Gasteiger partial charge on any atom is 0.328 e. The molecule has 1 aromatic carbocycles. The third-order valence-electron chi connectivity index (χ3n) is 2.51. The molecule has 0 fully saturated rings. The summed E-state index contributed by atoms with van der Waals surface area (Å²) in [5.41, 5.74) is 1.78. The summed E-state index contributed by atoms with van der Waals surface area (Å²) in [6.45, 7) is 2.17. The van der Waals surface area contributed by atoms with Gasteiger partial charge in [-0.2, -0.15) is 13.1 Å². The summed E-state index contributed by atoms with van der Waals surface area (Å²) in [6, 6.07) is 4.89. The Morgan fingerprint density at radius 1 is 1.43 bits per heavy atom. The van der Waals surface area contributed by atoms with Gasteiger partial charge in [-0.15, -0.1) is 0 Å². The van der Waals surface area contributed by atoms with Crippen LogP contribution in [0.25, 0.3) is 6.08 Å². The lowest BCUT2D eigenvalue weighted by molar-refractivity contribution is -0.131. The molecule has 8 heteroatoms. The van der Waals surface area contributed by atoms with Crippen molar-refractivity contribution in [3.63, 3.8) is 0 Å². The van der Waals surface area contributed by atoms with E-state index in [1.54, 1.807) is 25.1 Å². The zero-order valence-electron chi connectivity index (χ0n) is 11.8. The third-order valence-corrected chi connectivity index (χ3v) is 3.58. The van der Waals surface area contributed by atoms with E-state index >= 15 is 0 Å². The number of anilines is 1. The van der Waals surface area contributed by atoms with Gasteiger partial charge in [-0.05, 0) is 36.3 Å². The van der Waals surface area contributed by atoms with Crippen LogP contribution in [0.4, 0.5) is 5.69 Å². The third kappa shape index (κ3) is 6.39. The molecular formula is C13H18N2O5S. The minimum atomic E-state index is -3.66. The van der Waals surface area contributed by atoms with Crippen LogP contribution in [0.3, 0.4) is 0 Å². The molecule has 0 saturated carbocycles. The van der Waals surface area contributed by atoms with Crippen molar-refractivity contribution < 1.29 is 23.1 Å². The summed E-state index contributed by atoms with van der Waals surface area (Å²) in [5.74, 6) is -1.04. The van der Waals surface area contributed by atoms with Crippen LogP contribution in [-0.4, -0.2) is 39.8 Å². The van der Waals surface area contributed by atoms with Crippen molar-refractivity contribution in [2.24, 2.45) is 0 Å². The lowest BCUT2D eigenvalue weighted by Gasteiger charge is -2.11. The fourth-order valence-electron chi connectivity index (χ4n) is 1.53. The Morgan fingerprint density at radius 2 is 2.14 bits per heavy atom. The first-order valence-corrected chi connectivity index (χ1v) is 7.60. The SMILES string of the molecule is COCCNS(=O)(=O)Nc1ccc(/C=C/C(=O)O)cc1C. The number of ether oxygens (including phenoxy) is 1. The molecule has 0 aliphatic rings. The average molecular weight is 314 g/mol. The van der Waals surface area contributed by atoms with Gasteiger partial charge in [0, 0.05) is 19.7 Å². The number of methoxy groups -OCH3 is 1. The Hall–Kier alpha value is -1.90. The van der Waals surface area contributed by atoms with Crippen molar-refractivity contribution in [2.75, 3.05) is 25.0 Å². The van der Waals surface area contributed by atoms with E-state index in [1.807, 2.05) is 0 Å². The number of hydrogen-bond donors (Lipinski definition) is 3. The van der Waals surface area contributed by atoms with Crippen LogP contribution >= 0.6 is 0 Å². The van der Waals surface area contributed by atoms with Gasteiger partial charge >= 0.3 is 5.97 Å². The Kier molecular flexibility index (Phi) is 6.35. The van der Waals surface area contributed by atoms with Crippen LogP contribution in [0.1, 0.15) is 11.1 Å². The number of carbonyl (C=O) groups is 1. The molecule has 0 saturated heterocycles. The van der Waals surface area contributed by atoms with E-state index in [1.165, 1.54) is 13.2 Å². The van der Waals surface area contributed by atoms with Crippen molar-refractivity contribution in [2.45, 2.75) is 6.92 Å². The molecule has 0 radical (unpaired) electrons. The minimum Gasteiger partial charge on any atom is -0.478 e. The highest BCUT2D eigenvalue weighted by Crippen LogP contribution is 2.18. The molecule has 0 bridgehead atoms. The molecule has 116 valence electrons. The van der Waals surface area contributed by atoms with E-state index < -0.39 is 16.2 Å². The monoisotopic (exact) mass is 314 g/mol. The molecule has 0 unspecified atom stereocenters. The smallest absolute Gasteiger partial charge is 0.328 e. The first kappa shape index (κ1) is 17.2. The van der Waals surface area contributed by atoms with Crippen LogP contribution in [0, 0.1) is 6.92 Å². The second-order valence-electron chi connectivity index (χ2n) is 4.24. The van der Waals surface area contributed by atoms with Crippen LogP contribution in [0.15, 0.2) is 24.3 Å². The number of carboxylic acids is 1. The summed E-state index contributed by atoms with van der Waals surface area (Å²) in [4.78, 5) is 10.4. The van der Waals surface area contributed by atoms with Gasteiger partial charge in [0.15, 0.2) is 0 Å². The van der Waals surface area contributed by atoms with Crippen LogP contribution < -0.4 is 9.44 Å². The van der Waals surface area contributed by atoms with Gasteiger partial charge in [0.05, 0.1) is 12.3 Å². The summed E-state index contributed by atoms with van der Waals surface area (Å²) in [7, 11) is -2.18. The van der Waals surface area contributed by atoms with E-state index in [0.717, 1.165) is 6.08 Å². The van der Waals surface area contributed by atoms with Gasteiger partial charge in [-0.3, -0.25) is 4.72 Å². The second-order valence-corrected chi connectivity index (χ2v) is 5.74. The second kappa shape index (κ2) is 7.77. The highest BCUT2D eigenvalue weighted by atomic mass is 32.2. The molecule has 21 heavy (non-hydrogen) atoms. The molecule has 0 amide bonds. The Labute approximate surface area is 123 Å². The van der Waals surface area contributed by atoms with Gasteiger partial charge < -0.3 is 9.84 Å². The highest BCUT2D eigenvalue weighted by Gasteiger charge is 2.10. The van der Waals surface area contributed by atoms with Crippen molar-refractivity contribution >= 4 is 27.9 Å². The van der Waals surface area contributed by atoms with Crippen molar-refractivity contribution in [3.05, 3.63) is 35.4 Å². The molecule has 0 aliphatic carbocycles. The van der Waals surface area contributed by atoms with Gasteiger partial charge in [0.2, 0.25) is 0 Å². The van der Waals surface area contributed by atoms with E-state index in [2.05, 4.69) is 9.44 Å². The van der Waals surface area contributed by atoms with Crippen LogP contribution in [0.2, 0.25) is 0 Å². The summed E-state index contributed by atoms with van der Waals surface area (Å²) in [6.07, 6.45) is 2.45. The molecule has 7 nitrogen and oxygen atoms in total. The fraction of sp³-hybridized carbons (Fsp3) is 0.308. The van der Waals surface area contributed by atoms with Gasteiger partial charge in [-0.1, -0.05) is 6.07 Å².